The Morgan fingerprint density at radius 1 is 1.53 bits per heavy atom. The van der Waals surface area contributed by atoms with E-state index in [2.05, 4.69) is 4.72 Å². The summed E-state index contributed by atoms with van der Waals surface area (Å²) < 4.78 is 26.3. The van der Waals surface area contributed by atoms with Gasteiger partial charge in [-0.2, -0.15) is 5.26 Å². The highest BCUT2D eigenvalue weighted by molar-refractivity contribution is 7.89. The molecule has 0 spiro atoms. The average molecular weight is 282 g/mol. The molecule has 0 fully saturated rings. The maximum absolute atomic E-state index is 12.0. The molecule has 1 unspecified atom stereocenters. The van der Waals surface area contributed by atoms with Gasteiger partial charge in [0.25, 0.3) is 0 Å². The summed E-state index contributed by atoms with van der Waals surface area (Å²) >= 11 is 0. The number of hydrogen-bond acceptors (Lipinski definition) is 5. The predicted octanol–water partition coefficient (Wildman–Crippen LogP) is -0.317. The van der Waals surface area contributed by atoms with Crippen LogP contribution in [0.4, 0.5) is 5.69 Å². The molecule has 7 nitrogen and oxygen atoms in total. The molecule has 0 aliphatic carbocycles. The fraction of sp³-hybridized carbons (Fsp3) is 0.273. The van der Waals surface area contributed by atoms with Gasteiger partial charge in [-0.15, -0.1) is 0 Å². The van der Waals surface area contributed by atoms with Crippen LogP contribution < -0.4 is 16.2 Å². The highest BCUT2D eigenvalue weighted by atomic mass is 32.2. The lowest BCUT2D eigenvalue weighted by Gasteiger charge is -2.13. The van der Waals surface area contributed by atoms with Gasteiger partial charge in [-0.25, -0.2) is 13.1 Å². The van der Waals surface area contributed by atoms with Gasteiger partial charge < -0.3 is 11.5 Å². The third-order valence-corrected chi connectivity index (χ3v) is 3.96. The van der Waals surface area contributed by atoms with Crippen molar-refractivity contribution in [3.63, 3.8) is 0 Å². The fourth-order valence-electron chi connectivity index (χ4n) is 1.53. The molecule has 1 atom stereocenters. The number of nitrogens with one attached hydrogen (secondary N) is 1. The van der Waals surface area contributed by atoms with Crippen LogP contribution in [-0.2, 0) is 14.8 Å². The Bertz CT molecular complexity index is 634. The normalized spacial score (nSPS) is 12.6. The first kappa shape index (κ1) is 14.9. The van der Waals surface area contributed by atoms with E-state index in [1.807, 2.05) is 6.07 Å². The molecule has 0 saturated heterocycles. The van der Waals surface area contributed by atoms with Crippen molar-refractivity contribution in [2.75, 3.05) is 5.73 Å². The standard InChI is InChI=1S/C11H14N4O3S/c1-7(4-11(14)16)15-19(17,18)10-3-2-8(6-12)5-9(10)13/h2-3,5,7,15H,4,13H2,1H3,(H2,14,16). The quantitative estimate of drug-likeness (QED) is 0.635. The van der Waals surface area contributed by atoms with E-state index in [4.69, 9.17) is 16.7 Å². The largest absolute Gasteiger partial charge is 0.398 e. The highest BCUT2D eigenvalue weighted by Crippen LogP contribution is 2.19. The molecule has 1 amide bonds. The molecular formula is C11H14N4O3S. The summed E-state index contributed by atoms with van der Waals surface area (Å²) in [6.45, 7) is 1.52. The third kappa shape index (κ3) is 3.94. The van der Waals surface area contributed by atoms with Crippen LogP contribution in [0.25, 0.3) is 0 Å². The van der Waals surface area contributed by atoms with Gasteiger partial charge in [-0.3, -0.25) is 4.79 Å². The van der Waals surface area contributed by atoms with Crippen molar-refractivity contribution in [3.05, 3.63) is 23.8 Å². The fourth-order valence-corrected chi connectivity index (χ4v) is 2.89. The minimum atomic E-state index is -3.85. The van der Waals surface area contributed by atoms with Crippen molar-refractivity contribution in [2.24, 2.45) is 5.73 Å². The number of sulfonamides is 1. The van der Waals surface area contributed by atoms with Crippen LogP contribution in [0.5, 0.6) is 0 Å². The van der Waals surface area contributed by atoms with Crippen molar-refractivity contribution in [1.82, 2.24) is 4.72 Å². The minimum absolute atomic E-state index is 0.0298. The van der Waals surface area contributed by atoms with Crippen LogP contribution in [-0.4, -0.2) is 20.4 Å². The first-order valence-corrected chi connectivity index (χ1v) is 6.85. The van der Waals surface area contributed by atoms with Crippen molar-refractivity contribution < 1.29 is 13.2 Å². The lowest BCUT2D eigenvalue weighted by atomic mass is 10.2. The number of hydrogen-bond donors (Lipinski definition) is 3. The minimum Gasteiger partial charge on any atom is -0.398 e. The monoisotopic (exact) mass is 282 g/mol. The first-order valence-electron chi connectivity index (χ1n) is 5.36. The Morgan fingerprint density at radius 3 is 2.63 bits per heavy atom. The highest BCUT2D eigenvalue weighted by Gasteiger charge is 2.21. The SMILES string of the molecule is CC(CC(N)=O)NS(=O)(=O)c1ccc(C#N)cc1N. The van der Waals surface area contributed by atoms with Gasteiger partial charge >= 0.3 is 0 Å². The molecule has 0 aliphatic heterocycles. The summed E-state index contributed by atoms with van der Waals surface area (Å²) in [4.78, 5) is 10.6. The molecule has 102 valence electrons. The van der Waals surface area contributed by atoms with Gasteiger partial charge in [0.2, 0.25) is 15.9 Å². The summed E-state index contributed by atoms with van der Waals surface area (Å²) in [5, 5.41) is 8.68. The Hall–Kier alpha value is -2.11. The van der Waals surface area contributed by atoms with E-state index < -0.39 is 22.0 Å². The van der Waals surface area contributed by atoms with Crippen molar-refractivity contribution in [3.8, 4) is 6.07 Å². The molecule has 19 heavy (non-hydrogen) atoms. The summed E-state index contributed by atoms with van der Waals surface area (Å²) in [6, 6.07) is 5.08. The van der Waals surface area contributed by atoms with E-state index in [0.717, 1.165) is 0 Å². The molecule has 1 aromatic carbocycles. The van der Waals surface area contributed by atoms with Crippen molar-refractivity contribution >= 4 is 21.6 Å². The van der Waals surface area contributed by atoms with Crippen molar-refractivity contribution in [1.29, 1.82) is 5.26 Å². The van der Waals surface area contributed by atoms with E-state index in [1.165, 1.54) is 25.1 Å². The number of rotatable bonds is 5. The lowest BCUT2D eigenvalue weighted by Crippen LogP contribution is -2.36. The van der Waals surface area contributed by atoms with E-state index in [0.29, 0.717) is 0 Å². The number of amides is 1. The summed E-state index contributed by atoms with van der Waals surface area (Å²) in [6.07, 6.45) is -0.116. The van der Waals surface area contributed by atoms with Crippen LogP contribution in [0.3, 0.4) is 0 Å². The Labute approximate surface area is 111 Å². The first-order chi connectivity index (χ1) is 8.76. The van der Waals surface area contributed by atoms with Gasteiger partial charge in [0.15, 0.2) is 0 Å². The zero-order chi connectivity index (χ0) is 14.6. The average Bonchev–Trinajstić information content (AvgIpc) is 2.26. The second-order valence-electron chi connectivity index (χ2n) is 4.06. The number of benzene rings is 1. The predicted molar refractivity (Wildman–Crippen MR) is 69.2 cm³/mol. The van der Waals surface area contributed by atoms with E-state index >= 15 is 0 Å². The van der Waals surface area contributed by atoms with Gasteiger partial charge in [0.05, 0.1) is 17.3 Å². The molecule has 0 radical (unpaired) electrons. The van der Waals surface area contributed by atoms with Crippen LogP contribution in [0.1, 0.15) is 18.9 Å². The zero-order valence-corrected chi connectivity index (χ0v) is 11.1. The van der Waals surface area contributed by atoms with Crippen molar-refractivity contribution in [2.45, 2.75) is 24.3 Å². The number of carbonyl (C=O) groups is 1. The lowest BCUT2D eigenvalue weighted by molar-refractivity contribution is -0.118. The Balaban J connectivity index is 3.01. The van der Waals surface area contributed by atoms with E-state index in [1.54, 1.807) is 0 Å². The molecular weight excluding hydrogens is 268 g/mol. The summed E-state index contributed by atoms with van der Waals surface area (Å²) in [5.74, 6) is -0.608. The number of carbonyl (C=O) groups excluding carboxylic acids is 1. The third-order valence-electron chi connectivity index (χ3n) is 2.29. The molecule has 0 bridgehead atoms. The maximum atomic E-state index is 12.0. The van der Waals surface area contributed by atoms with Gasteiger partial charge in [-0.05, 0) is 25.1 Å². The smallest absolute Gasteiger partial charge is 0.242 e. The summed E-state index contributed by atoms with van der Waals surface area (Å²) in [5.41, 5.74) is 10.8. The van der Waals surface area contributed by atoms with E-state index in [-0.39, 0.29) is 22.6 Å². The van der Waals surface area contributed by atoms with Crippen LogP contribution in [0.2, 0.25) is 0 Å². The second kappa shape index (κ2) is 5.69. The van der Waals surface area contributed by atoms with Crippen LogP contribution in [0, 0.1) is 11.3 Å². The summed E-state index contributed by atoms with van der Waals surface area (Å²) in [7, 11) is -3.85. The number of nitrogens with zero attached hydrogens (tertiary/aromatic N) is 1. The molecule has 0 aliphatic rings. The molecule has 1 rings (SSSR count). The number of anilines is 1. The van der Waals surface area contributed by atoms with Crippen LogP contribution in [0.15, 0.2) is 23.1 Å². The number of nitrogens with two attached hydrogens (primary N) is 2. The zero-order valence-electron chi connectivity index (χ0n) is 10.3. The maximum Gasteiger partial charge on any atom is 0.242 e. The number of nitriles is 1. The topological polar surface area (TPSA) is 139 Å². The molecule has 1 aromatic rings. The molecule has 0 heterocycles. The molecule has 5 N–H and O–H groups in total. The molecule has 0 aromatic heterocycles. The number of nitrogen functional groups attached to an aromatic ring is 1. The Kier molecular flexibility index (Phi) is 4.47. The number of primary amides is 1. The van der Waals surface area contributed by atoms with Gasteiger partial charge in [0, 0.05) is 12.5 Å². The Morgan fingerprint density at radius 2 is 2.16 bits per heavy atom. The second-order valence-corrected chi connectivity index (χ2v) is 5.74. The van der Waals surface area contributed by atoms with Gasteiger partial charge in [-0.1, -0.05) is 0 Å². The molecule has 0 saturated carbocycles. The van der Waals surface area contributed by atoms with Gasteiger partial charge in [0.1, 0.15) is 4.90 Å². The molecule has 8 heteroatoms. The van der Waals surface area contributed by atoms with Crippen LogP contribution >= 0.6 is 0 Å². The van der Waals surface area contributed by atoms with E-state index in [9.17, 15) is 13.2 Å².